The number of carbonyl (C=O) groups is 1. The van der Waals surface area contributed by atoms with Crippen molar-refractivity contribution < 1.29 is 13.9 Å². The summed E-state index contributed by atoms with van der Waals surface area (Å²) in [5.41, 5.74) is 6.82. The van der Waals surface area contributed by atoms with Crippen molar-refractivity contribution >= 4 is 17.2 Å². The molecule has 122 valence electrons. The van der Waals surface area contributed by atoms with E-state index in [9.17, 15) is 9.18 Å². The Hall–Kier alpha value is -1.83. The summed E-state index contributed by atoms with van der Waals surface area (Å²) in [6.45, 7) is 3.17. The maximum Gasteiger partial charge on any atom is 0.273 e. The fourth-order valence-electron chi connectivity index (χ4n) is 2.64. The number of carbonyl (C=O) groups excluding carboxylic acids is 1. The van der Waals surface area contributed by atoms with Crippen molar-refractivity contribution in [3.63, 3.8) is 0 Å². The van der Waals surface area contributed by atoms with Gasteiger partial charge in [0.05, 0.1) is 12.6 Å². The van der Waals surface area contributed by atoms with E-state index in [-0.39, 0.29) is 23.9 Å². The second-order valence-corrected chi connectivity index (χ2v) is 6.47. The average molecular weight is 335 g/mol. The van der Waals surface area contributed by atoms with Gasteiger partial charge in [0.2, 0.25) is 0 Å². The van der Waals surface area contributed by atoms with Gasteiger partial charge in [-0.15, -0.1) is 11.3 Å². The number of hydrogen-bond acceptors (Lipinski definition) is 5. The Labute approximate surface area is 137 Å². The zero-order chi connectivity index (χ0) is 16.4. The number of hydrogen-bond donors (Lipinski definition) is 1. The van der Waals surface area contributed by atoms with E-state index >= 15 is 0 Å². The van der Waals surface area contributed by atoms with Crippen LogP contribution in [-0.2, 0) is 11.3 Å². The molecule has 0 aliphatic carbocycles. The molecule has 2 heterocycles. The second kappa shape index (κ2) is 6.74. The van der Waals surface area contributed by atoms with Crippen LogP contribution in [0.4, 0.5) is 4.39 Å². The van der Waals surface area contributed by atoms with Crippen LogP contribution in [0, 0.1) is 5.82 Å². The minimum Gasteiger partial charge on any atom is -0.367 e. The van der Waals surface area contributed by atoms with Gasteiger partial charge in [-0.25, -0.2) is 9.37 Å². The molecule has 1 fully saturated rings. The number of thiazole rings is 1. The Kier molecular flexibility index (Phi) is 4.70. The van der Waals surface area contributed by atoms with E-state index in [1.54, 1.807) is 22.4 Å². The van der Waals surface area contributed by atoms with Crippen molar-refractivity contribution in [1.82, 2.24) is 9.88 Å². The lowest BCUT2D eigenvalue weighted by molar-refractivity contribution is -0.0693. The molecule has 0 radical (unpaired) electrons. The quantitative estimate of drug-likeness (QED) is 0.935. The zero-order valence-electron chi connectivity index (χ0n) is 12.7. The van der Waals surface area contributed by atoms with Crippen molar-refractivity contribution in [1.29, 1.82) is 0 Å². The number of nitrogens with two attached hydrogens (primary N) is 1. The number of halogens is 1. The van der Waals surface area contributed by atoms with Crippen molar-refractivity contribution in [2.24, 2.45) is 5.73 Å². The third kappa shape index (κ3) is 3.57. The summed E-state index contributed by atoms with van der Waals surface area (Å²) in [4.78, 5) is 18.6. The molecule has 5 nitrogen and oxygen atoms in total. The third-order valence-electron chi connectivity index (χ3n) is 3.73. The lowest BCUT2D eigenvalue weighted by Crippen LogP contribution is -2.46. The molecule has 0 saturated carbocycles. The van der Waals surface area contributed by atoms with Gasteiger partial charge in [0.1, 0.15) is 22.6 Å². The summed E-state index contributed by atoms with van der Waals surface area (Å²) in [6.07, 6.45) is -0.369. The van der Waals surface area contributed by atoms with Crippen LogP contribution in [0.1, 0.15) is 34.1 Å². The van der Waals surface area contributed by atoms with Gasteiger partial charge >= 0.3 is 0 Å². The van der Waals surface area contributed by atoms with Crippen LogP contribution >= 0.6 is 11.3 Å². The number of amides is 1. The second-order valence-electron chi connectivity index (χ2n) is 5.53. The fourth-order valence-corrected chi connectivity index (χ4v) is 3.29. The van der Waals surface area contributed by atoms with Crippen LogP contribution in [0.25, 0.3) is 0 Å². The van der Waals surface area contributed by atoms with Gasteiger partial charge in [-0.2, -0.15) is 0 Å². The van der Waals surface area contributed by atoms with E-state index in [4.69, 9.17) is 10.5 Å². The van der Waals surface area contributed by atoms with Gasteiger partial charge in [0.15, 0.2) is 0 Å². The first-order valence-electron chi connectivity index (χ1n) is 7.41. The summed E-state index contributed by atoms with van der Waals surface area (Å²) in [5, 5.41) is 2.47. The minimum atomic E-state index is -0.290. The number of nitrogens with zero attached hydrogens (tertiary/aromatic N) is 2. The van der Waals surface area contributed by atoms with Gasteiger partial charge in [0.25, 0.3) is 5.91 Å². The SMILES string of the molecule is CC1CN(C(=O)c2csc(CN)n2)CC(c2ccc(F)cc2)O1. The molecule has 1 aromatic carbocycles. The maximum atomic E-state index is 13.1. The van der Waals surface area contributed by atoms with Gasteiger partial charge in [-0.3, -0.25) is 4.79 Å². The first-order valence-corrected chi connectivity index (χ1v) is 8.29. The average Bonchev–Trinajstić information content (AvgIpc) is 3.03. The standard InChI is InChI=1S/C16H18FN3O2S/c1-10-7-20(16(21)13-9-23-15(6-18)19-13)8-14(22-10)11-2-4-12(17)5-3-11/h2-5,9-10,14H,6-8,18H2,1H3. The van der Waals surface area contributed by atoms with E-state index in [0.29, 0.717) is 25.3 Å². The summed E-state index contributed by atoms with van der Waals surface area (Å²) in [5.74, 6) is -0.412. The number of ether oxygens (including phenoxy) is 1. The van der Waals surface area contributed by atoms with Crippen molar-refractivity contribution in [3.8, 4) is 0 Å². The largest absolute Gasteiger partial charge is 0.367 e. The summed E-state index contributed by atoms with van der Waals surface area (Å²) >= 11 is 1.38. The molecule has 2 N–H and O–H groups in total. The maximum absolute atomic E-state index is 13.1. The minimum absolute atomic E-state index is 0.102. The molecule has 2 aromatic rings. The van der Waals surface area contributed by atoms with E-state index in [1.807, 2.05) is 6.92 Å². The molecule has 1 aromatic heterocycles. The molecule has 3 rings (SSSR count). The van der Waals surface area contributed by atoms with Crippen LogP contribution in [0.15, 0.2) is 29.6 Å². The Morgan fingerprint density at radius 3 is 2.83 bits per heavy atom. The Morgan fingerprint density at radius 2 is 2.17 bits per heavy atom. The first-order chi connectivity index (χ1) is 11.1. The molecule has 7 heteroatoms. The Bertz CT molecular complexity index is 689. The van der Waals surface area contributed by atoms with Crippen molar-refractivity contribution in [3.05, 3.63) is 51.7 Å². The van der Waals surface area contributed by atoms with Crippen LogP contribution in [-0.4, -0.2) is 35.0 Å². The molecule has 0 bridgehead atoms. The number of rotatable bonds is 3. The fraction of sp³-hybridized carbons (Fsp3) is 0.375. The molecule has 2 atom stereocenters. The van der Waals surface area contributed by atoms with Crippen molar-refractivity contribution in [2.45, 2.75) is 25.7 Å². The first kappa shape index (κ1) is 16.0. The van der Waals surface area contributed by atoms with E-state index in [1.165, 1.54) is 23.5 Å². The van der Waals surface area contributed by atoms with Crippen LogP contribution in [0.3, 0.4) is 0 Å². The van der Waals surface area contributed by atoms with Gasteiger partial charge in [0, 0.05) is 18.5 Å². The van der Waals surface area contributed by atoms with Crippen LogP contribution in [0.2, 0.25) is 0 Å². The highest BCUT2D eigenvalue weighted by atomic mass is 32.1. The lowest BCUT2D eigenvalue weighted by Gasteiger charge is -2.36. The predicted octanol–water partition coefficient (Wildman–Crippen LogP) is 2.34. The van der Waals surface area contributed by atoms with E-state index in [0.717, 1.165) is 10.6 Å². The molecule has 1 aliphatic rings. The smallest absolute Gasteiger partial charge is 0.273 e. The number of morpholine rings is 1. The van der Waals surface area contributed by atoms with E-state index < -0.39 is 0 Å². The topological polar surface area (TPSA) is 68.5 Å². The monoisotopic (exact) mass is 335 g/mol. The molecule has 2 unspecified atom stereocenters. The number of aromatic nitrogens is 1. The molecule has 1 saturated heterocycles. The molecular weight excluding hydrogens is 317 g/mol. The zero-order valence-corrected chi connectivity index (χ0v) is 13.6. The van der Waals surface area contributed by atoms with Crippen LogP contribution in [0.5, 0.6) is 0 Å². The highest BCUT2D eigenvalue weighted by Crippen LogP contribution is 2.26. The van der Waals surface area contributed by atoms with Crippen LogP contribution < -0.4 is 5.73 Å². The highest BCUT2D eigenvalue weighted by molar-refractivity contribution is 7.09. The van der Waals surface area contributed by atoms with Crippen molar-refractivity contribution in [2.75, 3.05) is 13.1 Å². The Balaban J connectivity index is 1.77. The molecule has 1 aliphatic heterocycles. The normalized spacial score (nSPS) is 21.4. The number of benzene rings is 1. The molecule has 23 heavy (non-hydrogen) atoms. The third-order valence-corrected chi connectivity index (χ3v) is 4.61. The Morgan fingerprint density at radius 1 is 1.43 bits per heavy atom. The van der Waals surface area contributed by atoms with E-state index in [2.05, 4.69) is 4.98 Å². The lowest BCUT2D eigenvalue weighted by atomic mass is 10.1. The van der Waals surface area contributed by atoms with Gasteiger partial charge in [-0.1, -0.05) is 12.1 Å². The molecule has 0 spiro atoms. The van der Waals surface area contributed by atoms with Gasteiger partial charge < -0.3 is 15.4 Å². The summed E-state index contributed by atoms with van der Waals surface area (Å²) in [6, 6.07) is 6.18. The molecule has 1 amide bonds. The highest BCUT2D eigenvalue weighted by Gasteiger charge is 2.30. The summed E-state index contributed by atoms with van der Waals surface area (Å²) < 4.78 is 19.0. The van der Waals surface area contributed by atoms with Gasteiger partial charge in [-0.05, 0) is 24.6 Å². The molecular formula is C16H18FN3O2S. The summed E-state index contributed by atoms with van der Waals surface area (Å²) in [7, 11) is 0. The predicted molar refractivity (Wildman–Crippen MR) is 85.6 cm³/mol.